The molecule has 1 aromatic rings. The van der Waals surface area contributed by atoms with Gasteiger partial charge in [0.25, 0.3) is 5.91 Å². The van der Waals surface area contributed by atoms with Gasteiger partial charge in [0.1, 0.15) is 0 Å². The SMILES string of the molecule is CC1CCN(C(CNC(=O)c2cccc(S(=O)(=O)NC3CCCC3)c2)C(C)C)CC1. The van der Waals surface area contributed by atoms with E-state index in [4.69, 9.17) is 0 Å². The van der Waals surface area contributed by atoms with Gasteiger partial charge in [0, 0.05) is 24.2 Å². The summed E-state index contributed by atoms with van der Waals surface area (Å²) < 4.78 is 28.2. The van der Waals surface area contributed by atoms with Gasteiger partial charge in [-0.2, -0.15) is 0 Å². The van der Waals surface area contributed by atoms with E-state index in [1.165, 1.54) is 18.9 Å². The number of likely N-dealkylation sites (tertiary alicyclic amines) is 1. The summed E-state index contributed by atoms with van der Waals surface area (Å²) in [4.78, 5) is 15.4. The van der Waals surface area contributed by atoms with E-state index >= 15 is 0 Å². The number of carbonyl (C=O) groups is 1. The summed E-state index contributed by atoms with van der Waals surface area (Å²) in [5.74, 6) is 0.983. The van der Waals surface area contributed by atoms with E-state index in [0.29, 0.717) is 18.0 Å². The van der Waals surface area contributed by atoms with Crippen molar-refractivity contribution in [2.24, 2.45) is 11.8 Å². The summed E-state index contributed by atoms with van der Waals surface area (Å²) in [6, 6.07) is 6.66. The minimum absolute atomic E-state index is 0.00606. The number of nitrogens with zero attached hydrogens (tertiary/aromatic N) is 1. The Morgan fingerprint density at radius 1 is 1.13 bits per heavy atom. The molecule has 0 bridgehead atoms. The molecule has 0 radical (unpaired) electrons. The predicted octanol–water partition coefficient (Wildman–Crippen LogP) is 3.39. The molecule has 1 atom stereocenters. The van der Waals surface area contributed by atoms with Crippen LogP contribution >= 0.6 is 0 Å². The Balaban J connectivity index is 1.62. The van der Waals surface area contributed by atoms with Crippen molar-refractivity contribution in [3.05, 3.63) is 29.8 Å². The van der Waals surface area contributed by atoms with E-state index in [1.54, 1.807) is 18.2 Å². The molecule has 1 amide bonds. The lowest BCUT2D eigenvalue weighted by Crippen LogP contribution is -2.49. The molecule has 2 N–H and O–H groups in total. The van der Waals surface area contributed by atoms with Crippen LogP contribution in [0.3, 0.4) is 0 Å². The lowest BCUT2D eigenvalue weighted by atomic mass is 9.94. The fourth-order valence-corrected chi connectivity index (χ4v) is 5.93. The number of amides is 1. The zero-order valence-electron chi connectivity index (χ0n) is 18.6. The van der Waals surface area contributed by atoms with Crippen LogP contribution < -0.4 is 10.0 Å². The van der Waals surface area contributed by atoms with Crippen LogP contribution in [0.15, 0.2) is 29.2 Å². The molecule has 3 rings (SSSR count). The Labute approximate surface area is 181 Å². The maximum absolute atomic E-state index is 12.8. The van der Waals surface area contributed by atoms with Gasteiger partial charge in [0.05, 0.1) is 4.90 Å². The summed E-state index contributed by atoms with van der Waals surface area (Å²) >= 11 is 0. The van der Waals surface area contributed by atoms with Crippen molar-refractivity contribution < 1.29 is 13.2 Å². The third-order valence-corrected chi connectivity index (χ3v) is 8.13. The van der Waals surface area contributed by atoms with Crippen molar-refractivity contribution in [3.8, 4) is 0 Å². The average molecular weight is 436 g/mol. The number of carbonyl (C=O) groups excluding carboxylic acids is 1. The van der Waals surface area contributed by atoms with Gasteiger partial charge in [-0.25, -0.2) is 13.1 Å². The fraction of sp³-hybridized carbons (Fsp3) is 0.696. The van der Waals surface area contributed by atoms with Crippen LogP contribution in [0, 0.1) is 11.8 Å². The Morgan fingerprint density at radius 2 is 1.80 bits per heavy atom. The van der Waals surface area contributed by atoms with E-state index in [-0.39, 0.29) is 22.9 Å². The first-order chi connectivity index (χ1) is 14.3. The summed E-state index contributed by atoms with van der Waals surface area (Å²) in [5, 5.41) is 3.04. The number of nitrogens with one attached hydrogen (secondary N) is 2. The number of hydrogen-bond donors (Lipinski definition) is 2. The fourth-order valence-electron chi connectivity index (χ4n) is 4.58. The van der Waals surface area contributed by atoms with Crippen LogP contribution in [0.5, 0.6) is 0 Å². The van der Waals surface area contributed by atoms with Crippen molar-refractivity contribution in [1.29, 1.82) is 0 Å². The highest BCUT2D eigenvalue weighted by atomic mass is 32.2. The van der Waals surface area contributed by atoms with Gasteiger partial charge >= 0.3 is 0 Å². The molecule has 0 aromatic heterocycles. The van der Waals surface area contributed by atoms with Gasteiger partial charge in [0.2, 0.25) is 10.0 Å². The summed E-state index contributed by atoms with van der Waals surface area (Å²) in [6.45, 7) is 9.39. The van der Waals surface area contributed by atoms with Crippen molar-refractivity contribution in [2.75, 3.05) is 19.6 Å². The first-order valence-electron chi connectivity index (χ1n) is 11.4. The van der Waals surface area contributed by atoms with Crippen molar-refractivity contribution in [3.63, 3.8) is 0 Å². The molecule has 168 valence electrons. The van der Waals surface area contributed by atoms with Gasteiger partial charge in [-0.3, -0.25) is 9.69 Å². The minimum Gasteiger partial charge on any atom is -0.350 e. The summed E-state index contributed by atoms with van der Waals surface area (Å²) in [5.41, 5.74) is 0.388. The molecule has 1 aliphatic heterocycles. The monoisotopic (exact) mass is 435 g/mol. The number of sulfonamides is 1. The topological polar surface area (TPSA) is 78.5 Å². The Hall–Kier alpha value is -1.44. The van der Waals surface area contributed by atoms with E-state index in [1.807, 2.05) is 0 Å². The van der Waals surface area contributed by atoms with Crippen molar-refractivity contribution in [1.82, 2.24) is 14.9 Å². The maximum atomic E-state index is 12.8. The van der Waals surface area contributed by atoms with Crippen LogP contribution in [0.25, 0.3) is 0 Å². The van der Waals surface area contributed by atoms with Crippen molar-refractivity contribution in [2.45, 2.75) is 76.3 Å². The maximum Gasteiger partial charge on any atom is 0.251 e. The molecule has 1 saturated heterocycles. The average Bonchev–Trinajstić information content (AvgIpc) is 3.21. The quantitative estimate of drug-likeness (QED) is 0.656. The van der Waals surface area contributed by atoms with Crippen LogP contribution in [-0.4, -0.2) is 50.9 Å². The molecule has 7 heteroatoms. The van der Waals surface area contributed by atoms with Crippen LogP contribution in [0.1, 0.15) is 69.7 Å². The Bertz CT molecular complexity index is 811. The third kappa shape index (κ3) is 6.05. The Morgan fingerprint density at radius 3 is 2.43 bits per heavy atom. The third-order valence-electron chi connectivity index (χ3n) is 6.61. The lowest BCUT2D eigenvalue weighted by molar-refractivity contribution is 0.0863. The molecule has 1 unspecified atom stereocenters. The van der Waals surface area contributed by atoms with Crippen LogP contribution in [0.2, 0.25) is 0 Å². The molecule has 0 spiro atoms. The molecule has 1 heterocycles. The van der Waals surface area contributed by atoms with Crippen LogP contribution in [-0.2, 0) is 10.0 Å². The van der Waals surface area contributed by atoms with Gasteiger partial charge in [-0.15, -0.1) is 0 Å². The predicted molar refractivity (Wildman–Crippen MR) is 120 cm³/mol. The van der Waals surface area contributed by atoms with E-state index < -0.39 is 10.0 Å². The molecular formula is C23H37N3O3S. The second-order valence-electron chi connectivity index (χ2n) is 9.37. The van der Waals surface area contributed by atoms with Gasteiger partial charge < -0.3 is 5.32 Å². The molecule has 2 aliphatic rings. The zero-order chi connectivity index (χ0) is 21.7. The number of piperidine rings is 1. The first-order valence-corrected chi connectivity index (χ1v) is 12.9. The molecule has 30 heavy (non-hydrogen) atoms. The Kier molecular flexibility index (Phi) is 7.93. The largest absolute Gasteiger partial charge is 0.350 e. The summed E-state index contributed by atoms with van der Waals surface area (Å²) in [7, 11) is -3.61. The molecular weight excluding hydrogens is 398 g/mol. The normalized spacial score (nSPS) is 20.5. The van der Waals surface area contributed by atoms with Crippen molar-refractivity contribution >= 4 is 15.9 Å². The standard InChI is InChI=1S/C23H37N3O3S/c1-17(2)22(26-13-11-18(3)12-14-26)16-24-23(27)19-7-6-10-21(15-19)30(28,29)25-20-8-4-5-9-20/h6-7,10,15,17-18,20,22,25H,4-5,8-9,11-14,16H2,1-3H3,(H,24,27). The smallest absolute Gasteiger partial charge is 0.251 e. The second kappa shape index (κ2) is 10.2. The minimum atomic E-state index is -3.61. The molecule has 1 aromatic carbocycles. The van der Waals surface area contributed by atoms with Gasteiger partial charge in [0.15, 0.2) is 0 Å². The van der Waals surface area contributed by atoms with E-state index in [0.717, 1.165) is 44.7 Å². The van der Waals surface area contributed by atoms with Gasteiger partial charge in [-0.1, -0.05) is 39.7 Å². The number of rotatable bonds is 8. The highest BCUT2D eigenvalue weighted by Crippen LogP contribution is 2.22. The van der Waals surface area contributed by atoms with Gasteiger partial charge in [-0.05, 0) is 68.8 Å². The summed E-state index contributed by atoms with van der Waals surface area (Å²) in [6.07, 6.45) is 6.28. The molecule has 1 aliphatic carbocycles. The molecule has 2 fully saturated rings. The van der Waals surface area contributed by atoms with E-state index in [2.05, 4.69) is 35.7 Å². The second-order valence-corrected chi connectivity index (χ2v) is 11.1. The zero-order valence-corrected chi connectivity index (χ0v) is 19.4. The number of hydrogen-bond acceptors (Lipinski definition) is 4. The molecule has 6 nitrogen and oxygen atoms in total. The number of benzene rings is 1. The van der Waals surface area contributed by atoms with E-state index in [9.17, 15) is 13.2 Å². The highest BCUT2D eigenvalue weighted by molar-refractivity contribution is 7.89. The molecule has 1 saturated carbocycles. The first kappa shape index (κ1) is 23.2. The highest BCUT2D eigenvalue weighted by Gasteiger charge is 2.27. The lowest BCUT2D eigenvalue weighted by Gasteiger charge is -2.38. The van der Waals surface area contributed by atoms with Crippen LogP contribution in [0.4, 0.5) is 0 Å².